The normalized spacial score (nSPS) is 16.7. The molecule has 1 unspecified atom stereocenters. The Bertz CT molecular complexity index is 559. The maximum absolute atomic E-state index is 5.56. The maximum Gasteiger partial charge on any atom is 0.191 e. The molecule has 162 valence electrons. The number of aromatic nitrogens is 1. The molecular weight excluding hydrogens is 485 g/mol. The Morgan fingerprint density at radius 3 is 2.50 bits per heavy atom. The lowest BCUT2D eigenvalue weighted by Crippen LogP contribution is -2.53. The van der Waals surface area contributed by atoms with Gasteiger partial charge in [-0.2, -0.15) is 0 Å². The second-order valence-corrected chi connectivity index (χ2v) is 7.90. The minimum absolute atomic E-state index is 0. The number of halogens is 1. The standard InChI is InChI=1S/C20H37N5OS.HI/c1-5-16(6-2)18(25-9-11-26-12-10-25)14-23-20(21-8-4)22-13-17-15-27-19(7-3)24-17;/h15-16,18H,5-14H2,1-4H3,(H2,21,22,23);1H. The van der Waals surface area contributed by atoms with Crippen LogP contribution in [0.15, 0.2) is 10.4 Å². The van der Waals surface area contributed by atoms with Gasteiger partial charge < -0.3 is 15.4 Å². The molecule has 0 aromatic carbocycles. The van der Waals surface area contributed by atoms with Gasteiger partial charge in [-0.05, 0) is 19.3 Å². The summed E-state index contributed by atoms with van der Waals surface area (Å²) < 4.78 is 5.56. The third kappa shape index (κ3) is 8.12. The average molecular weight is 524 g/mol. The molecule has 0 radical (unpaired) electrons. The van der Waals surface area contributed by atoms with Crippen LogP contribution in [0.25, 0.3) is 0 Å². The van der Waals surface area contributed by atoms with Crippen molar-refractivity contribution >= 4 is 41.3 Å². The van der Waals surface area contributed by atoms with Gasteiger partial charge in [0, 0.05) is 37.6 Å². The van der Waals surface area contributed by atoms with Crippen LogP contribution in [-0.4, -0.2) is 61.3 Å². The first-order chi connectivity index (χ1) is 13.2. The van der Waals surface area contributed by atoms with Gasteiger partial charge in [-0.3, -0.25) is 4.90 Å². The molecule has 0 amide bonds. The first-order valence-electron chi connectivity index (χ1n) is 10.5. The Hall–Kier alpha value is -0.450. The molecule has 0 aliphatic carbocycles. The lowest BCUT2D eigenvalue weighted by molar-refractivity contribution is 0.00272. The highest BCUT2D eigenvalue weighted by atomic mass is 127. The summed E-state index contributed by atoms with van der Waals surface area (Å²) in [7, 11) is 0. The molecule has 1 aromatic rings. The zero-order valence-electron chi connectivity index (χ0n) is 17.9. The van der Waals surface area contributed by atoms with Gasteiger partial charge in [0.05, 0.1) is 30.5 Å². The fourth-order valence-corrected chi connectivity index (χ4v) is 4.36. The van der Waals surface area contributed by atoms with Crippen molar-refractivity contribution < 1.29 is 4.74 Å². The zero-order chi connectivity index (χ0) is 19.5. The van der Waals surface area contributed by atoms with Gasteiger partial charge in [0.15, 0.2) is 5.96 Å². The number of aliphatic imine (C=N–C) groups is 1. The van der Waals surface area contributed by atoms with Crippen LogP contribution in [0.1, 0.15) is 51.2 Å². The van der Waals surface area contributed by atoms with Crippen LogP contribution in [-0.2, 0) is 17.7 Å². The number of morpholine rings is 1. The van der Waals surface area contributed by atoms with E-state index < -0.39 is 0 Å². The fourth-order valence-electron chi connectivity index (χ4n) is 3.62. The molecule has 1 aliphatic rings. The Morgan fingerprint density at radius 1 is 1.21 bits per heavy atom. The number of aryl methyl sites for hydroxylation is 1. The van der Waals surface area contributed by atoms with Gasteiger partial charge in [0.25, 0.3) is 0 Å². The Labute approximate surface area is 192 Å². The van der Waals surface area contributed by atoms with E-state index in [4.69, 9.17) is 9.73 Å². The van der Waals surface area contributed by atoms with Crippen LogP contribution >= 0.6 is 35.3 Å². The molecular formula is C20H38IN5OS. The number of hydrogen-bond acceptors (Lipinski definition) is 5. The molecule has 8 heteroatoms. The first kappa shape index (κ1) is 25.6. The van der Waals surface area contributed by atoms with Crippen molar-refractivity contribution in [3.8, 4) is 0 Å². The Balaban J connectivity index is 0.00000392. The smallest absolute Gasteiger partial charge is 0.191 e. The maximum atomic E-state index is 5.56. The molecule has 1 aromatic heterocycles. The monoisotopic (exact) mass is 523 g/mol. The van der Waals surface area contributed by atoms with Crippen molar-refractivity contribution in [3.63, 3.8) is 0 Å². The van der Waals surface area contributed by atoms with E-state index in [2.05, 4.69) is 53.6 Å². The Kier molecular flexibility index (Phi) is 13.3. The van der Waals surface area contributed by atoms with E-state index in [0.717, 1.165) is 57.5 Å². The van der Waals surface area contributed by atoms with Gasteiger partial charge in [-0.15, -0.1) is 35.3 Å². The lowest BCUT2D eigenvalue weighted by Gasteiger charge is -2.39. The Morgan fingerprint density at radius 2 is 1.93 bits per heavy atom. The first-order valence-corrected chi connectivity index (χ1v) is 11.4. The molecule has 0 spiro atoms. The molecule has 0 bridgehead atoms. The van der Waals surface area contributed by atoms with Gasteiger partial charge in [0.2, 0.25) is 0 Å². The van der Waals surface area contributed by atoms with E-state index in [1.165, 1.54) is 17.8 Å². The molecule has 6 nitrogen and oxygen atoms in total. The summed E-state index contributed by atoms with van der Waals surface area (Å²) >= 11 is 1.72. The summed E-state index contributed by atoms with van der Waals surface area (Å²) in [5, 5.41) is 10.3. The molecule has 1 atom stereocenters. The molecule has 1 aliphatic heterocycles. The van der Waals surface area contributed by atoms with Crippen molar-refractivity contribution in [1.29, 1.82) is 0 Å². The van der Waals surface area contributed by atoms with E-state index in [1.54, 1.807) is 11.3 Å². The summed E-state index contributed by atoms with van der Waals surface area (Å²) in [5.74, 6) is 1.57. The highest BCUT2D eigenvalue weighted by molar-refractivity contribution is 14.0. The number of nitrogens with zero attached hydrogens (tertiary/aromatic N) is 3. The SMILES string of the molecule is CCNC(=NCc1csc(CC)n1)NCC(C(CC)CC)N1CCOCC1.I. The number of thiazole rings is 1. The quantitative estimate of drug-likeness (QED) is 0.279. The second kappa shape index (κ2) is 14.5. The van der Waals surface area contributed by atoms with Crippen molar-refractivity contribution in [1.82, 2.24) is 20.5 Å². The summed E-state index contributed by atoms with van der Waals surface area (Å²) in [5.41, 5.74) is 1.05. The molecule has 2 rings (SSSR count). The van der Waals surface area contributed by atoms with Crippen LogP contribution in [0.3, 0.4) is 0 Å². The second-order valence-electron chi connectivity index (χ2n) is 6.95. The third-order valence-corrected chi connectivity index (χ3v) is 6.27. The minimum atomic E-state index is 0. The average Bonchev–Trinajstić information content (AvgIpc) is 3.18. The minimum Gasteiger partial charge on any atom is -0.379 e. The van der Waals surface area contributed by atoms with E-state index in [0.29, 0.717) is 18.5 Å². The van der Waals surface area contributed by atoms with E-state index in [9.17, 15) is 0 Å². The summed E-state index contributed by atoms with van der Waals surface area (Å²) in [6.45, 7) is 15.0. The number of guanidine groups is 1. The van der Waals surface area contributed by atoms with Crippen LogP contribution < -0.4 is 10.6 Å². The molecule has 2 N–H and O–H groups in total. The van der Waals surface area contributed by atoms with E-state index in [1.807, 2.05) is 0 Å². The molecule has 1 fully saturated rings. The summed E-state index contributed by atoms with van der Waals surface area (Å²) in [6, 6.07) is 0.513. The van der Waals surface area contributed by atoms with Gasteiger partial charge in [-0.1, -0.05) is 33.6 Å². The van der Waals surface area contributed by atoms with Gasteiger partial charge in [0.1, 0.15) is 0 Å². The third-order valence-electron chi connectivity index (χ3n) is 5.23. The van der Waals surface area contributed by atoms with Gasteiger partial charge >= 0.3 is 0 Å². The predicted molar refractivity (Wildman–Crippen MR) is 130 cm³/mol. The number of nitrogens with one attached hydrogen (secondary N) is 2. The van der Waals surface area contributed by atoms with E-state index >= 15 is 0 Å². The van der Waals surface area contributed by atoms with Crippen molar-refractivity contribution in [2.45, 2.75) is 59.5 Å². The predicted octanol–water partition coefficient (Wildman–Crippen LogP) is 3.52. The number of rotatable bonds is 10. The van der Waals surface area contributed by atoms with Crippen molar-refractivity contribution in [2.75, 3.05) is 39.4 Å². The van der Waals surface area contributed by atoms with Crippen LogP contribution in [0.2, 0.25) is 0 Å². The summed E-state index contributed by atoms with van der Waals surface area (Å²) in [4.78, 5) is 12.0. The zero-order valence-corrected chi connectivity index (χ0v) is 21.0. The largest absolute Gasteiger partial charge is 0.379 e. The highest BCUT2D eigenvalue weighted by Gasteiger charge is 2.27. The topological polar surface area (TPSA) is 61.8 Å². The summed E-state index contributed by atoms with van der Waals surface area (Å²) in [6.07, 6.45) is 3.39. The highest BCUT2D eigenvalue weighted by Crippen LogP contribution is 2.19. The van der Waals surface area contributed by atoms with Crippen LogP contribution in [0, 0.1) is 5.92 Å². The molecule has 28 heavy (non-hydrogen) atoms. The number of hydrogen-bond donors (Lipinski definition) is 2. The van der Waals surface area contributed by atoms with Crippen molar-refractivity contribution in [3.05, 3.63) is 16.1 Å². The van der Waals surface area contributed by atoms with Gasteiger partial charge in [-0.25, -0.2) is 9.98 Å². The lowest BCUT2D eigenvalue weighted by atomic mass is 9.92. The molecule has 0 saturated carbocycles. The fraction of sp³-hybridized carbons (Fsp3) is 0.800. The van der Waals surface area contributed by atoms with Crippen molar-refractivity contribution in [2.24, 2.45) is 10.9 Å². The van der Waals surface area contributed by atoms with E-state index in [-0.39, 0.29) is 24.0 Å². The van der Waals surface area contributed by atoms with Crippen LogP contribution in [0.4, 0.5) is 0 Å². The molecule has 2 heterocycles. The molecule has 1 saturated heterocycles. The van der Waals surface area contributed by atoms with Crippen LogP contribution in [0.5, 0.6) is 0 Å². The number of ether oxygens (including phenoxy) is 1.